The van der Waals surface area contributed by atoms with Gasteiger partial charge in [0.25, 0.3) is 0 Å². The largest absolute Gasteiger partial charge is 0.315 e. The minimum Gasteiger partial charge on any atom is -0.315 e. The molecule has 340 valence electrons. The average molecular weight is 945 g/mol. The zero-order valence-corrected chi connectivity index (χ0v) is 41.9. The molecule has 0 amide bonds. The van der Waals surface area contributed by atoms with Crippen molar-refractivity contribution in [2.45, 2.75) is 55.4 Å². The van der Waals surface area contributed by atoms with E-state index in [0.717, 1.165) is 66.8 Å². The summed E-state index contributed by atoms with van der Waals surface area (Å²) in [4.78, 5) is 19.3. The van der Waals surface area contributed by atoms with Crippen molar-refractivity contribution in [3.63, 3.8) is 0 Å². The van der Waals surface area contributed by atoms with Crippen LogP contribution in [-0.4, -0.2) is 38.2 Å². The molecule has 10 aromatic heterocycles. The van der Waals surface area contributed by atoms with E-state index in [1.54, 1.807) is 0 Å². The maximum absolute atomic E-state index is 4.98. The van der Waals surface area contributed by atoms with E-state index >= 15 is 0 Å². The molecule has 10 heterocycles. The summed E-state index contributed by atoms with van der Waals surface area (Å²) in [5.74, 6) is 0. The monoisotopic (exact) mass is 944 g/mol. The summed E-state index contributed by atoms with van der Waals surface area (Å²) in [5.41, 5.74) is 19.1. The second-order valence-electron chi connectivity index (χ2n) is 18.1. The first-order valence-electron chi connectivity index (χ1n) is 24.0. The van der Waals surface area contributed by atoms with E-state index in [4.69, 9.17) is 15.0 Å². The fraction of sp³-hybridized carbons (Fsp3) is 0.133. The molecule has 14 aromatic rings. The molecule has 0 unspecified atom stereocenters. The lowest BCUT2D eigenvalue weighted by molar-refractivity contribution is 0.960. The highest BCUT2D eigenvalue weighted by Crippen LogP contribution is 2.47. The quantitative estimate of drug-likeness (QED) is 0.172. The molecule has 10 heteroatoms. The minimum atomic E-state index is 0.912. The van der Waals surface area contributed by atoms with E-state index < -0.39 is 0 Å². The molecule has 70 heavy (non-hydrogen) atoms. The molecule has 0 spiro atoms. The Morgan fingerprint density at radius 1 is 0.400 bits per heavy atom. The first-order valence-corrected chi connectivity index (χ1v) is 25.6. The van der Waals surface area contributed by atoms with Gasteiger partial charge in [-0.15, -0.1) is 22.7 Å². The summed E-state index contributed by atoms with van der Waals surface area (Å²) in [6.45, 7) is 17.6. The number of benzene rings is 4. The van der Waals surface area contributed by atoms with Crippen molar-refractivity contribution in [3.05, 3.63) is 180 Å². The highest BCUT2D eigenvalue weighted by Gasteiger charge is 2.27. The Kier molecular flexibility index (Phi) is 9.53. The Hall–Kier alpha value is -7.92. The van der Waals surface area contributed by atoms with Crippen molar-refractivity contribution in [1.82, 2.24) is 38.2 Å². The zero-order valence-electron chi connectivity index (χ0n) is 40.3. The number of aromatic nitrogens is 8. The van der Waals surface area contributed by atoms with Gasteiger partial charge in [0, 0.05) is 101 Å². The summed E-state index contributed by atoms with van der Waals surface area (Å²) in [5, 5.41) is 8.28. The number of fused-ring (bicyclic) bond motifs is 12. The second kappa shape index (κ2) is 15.8. The average Bonchev–Trinajstić information content (AvgIpc) is 4.22. The van der Waals surface area contributed by atoms with Crippen LogP contribution in [-0.2, 0) is 0 Å². The highest BCUT2D eigenvalue weighted by atomic mass is 32.1. The molecule has 0 aliphatic carbocycles. The Bertz CT molecular complexity index is 4080. The summed E-state index contributed by atoms with van der Waals surface area (Å²) in [6.07, 6.45) is 9.51. The lowest BCUT2D eigenvalue weighted by Gasteiger charge is -2.17. The van der Waals surface area contributed by atoms with Crippen molar-refractivity contribution < 1.29 is 0 Å². The number of pyridine rings is 4. The van der Waals surface area contributed by atoms with Gasteiger partial charge >= 0.3 is 0 Å². The molecule has 0 aliphatic rings. The summed E-state index contributed by atoms with van der Waals surface area (Å²) in [7, 11) is 0. The number of nitrogens with zero attached hydrogens (tertiary/aromatic N) is 8. The van der Waals surface area contributed by atoms with Crippen molar-refractivity contribution in [2.24, 2.45) is 0 Å². The van der Waals surface area contributed by atoms with E-state index in [1.807, 2.05) is 85.7 Å². The van der Waals surface area contributed by atoms with Crippen LogP contribution in [0, 0.1) is 41.5 Å². The Morgan fingerprint density at radius 3 is 1.47 bits per heavy atom. The van der Waals surface area contributed by atoms with Gasteiger partial charge in [-0.1, -0.05) is 50.2 Å². The standard InChI is InChI=1S/C58H42N8S2.C2H6/c1-31-33(3)63(35(5)53(31)65-46-21-25-59-30-45(46)41-16-11-23-61-57(41)65)48-28-37(26-43-39-14-7-9-19-50(39)67-55(43)48)38-27-44-40-15-8-10-20-51(40)68-56(44)49(29-38)64-34(4)32(2)54(36(64)6)66-47-18-13-22-60-52(47)42-17-12-24-62-58(42)66;1-2/h7-30H,1-6H3;1-2H3. The van der Waals surface area contributed by atoms with Gasteiger partial charge in [0.15, 0.2) is 0 Å². The molecule has 0 bridgehead atoms. The topological polar surface area (TPSA) is 71.3 Å². The third kappa shape index (κ3) is 5.80. The van der Waals surface area contributed by atoms with Gasteiger partial charge in [-0.2, -0.15) is 0 Å². The molecule has 0 saturated heterocycles. The zero-order chi connectivity index (χ0) is 47.7. The van der Waals surface area contributed by atoms with Crippen LogP contribution in [0.4, 0.5) is 0 Å². The summed E-state index contributed by atoms with van der Waals surface area (Å²) in [6, 6.07) is 42.1. The van der Waals surface area contributed by atoms with Crippen LogP contribution >= 0.6 is 22.7 Å². The normalized spacial score (nSPS) is 12.0. The van der Waals surface area contributed by atoms with Crippen LogP contribution in [0.2, 0.25) is 0 Å². The summed E-state index contributed by atoms with van der Waals surface area (Å²) >= 11 is 3.75. The first kappa shape index (κ1) is 42.2. The number of thiophene rings is 2. The predicted molar refractivity (Wildman–Crippen MR) is 296 cm³/mol. The van der Waals surface area contributed by atoms with Crippen LogP contribution in [0.25, 0.3) is 118 Å². The molecule has 8 nitrogen and oxygen atoms in total. The van der Waals surface area contributed by atoms with E-state index in [0.29, 0.717) is 0 Å². The summed E-state index contributed by atoms with van der Waals surface area (Å²) < 4.78 is 14.7. The van der Waals surface area contributed by atoms with Crippen molar-refractivity contribution >= 4 is 107 Å². The lowest BCUT2D eigenvalue weighted by atomic mass is 9.98. The van der Waals surface area contributed by atoms with E-state index in [-0.39, 0.29) is 0 Å². The third-order valence-electron chi connectivity index (χ3n) is 14.6. The maximum Gasteiger partial charge on any atom is 0.147 e. The molecule has 0 fully saturated rings. The van der Waals surface area contributed by atoms with Crippen LogP contribution in [0.15, 0.2) is 146 Å². The molecule has 0 saturated carbocycles. The Labute approximate surface area is 412 Å². The van der Waals surface area contributed by atoms with E-state index in [1.165, 1.54) is 85.4 Å². The van der Waals surface area contributed by atoms with Crippen LogP contribution in [0.5, 0.6) is 0 Å². The van der Waals surface area contributed by atoms with Gasteiger partial charge < -0.3 is 9.13 Å². The third-order valence-corrected chi connectivity index (χ3v) is 17.0. The Morgan fingerprint density at radius 2 is 0.886 bits per heavy atom. The van der Waals surface area contributed by atoms with Gasteiger partial charge in [0.05, 0.1) is 48.7 Å². The first-order chi connectivity index (χ1) is 34.3. The predicted octanol–water partition coefficient (Wildman–Crippen LogP) is 16.3. The molecule has 4 aromatic carbocycles. The Balaban J connectivity index is 0.00000237. The molecule has 0 atom stereocenters. The second-order valence-corrected chi connectivity index (χ2v) is 20.2. The molecular formula is C60H48N8S2. The molecular weight excluding hydrogens is 897 g/mol. The van der Waals surface area contributed by atoms with Gasteiger partial charge in [-0.05, 0) is 143 Å². The SMILES string of the molecule is CC.Cc1c(-n2c3ccncc3c3cccnc32)c(C)n(-c2cc(-c3cc(-n4c(C)c(C)c(-n5c6cccnc6c6cccnc65)c4C)c4sc5ccccc5c4c3)cc3c2sc2ccccc23)c1C. The fourth-order valence-corrected chi connectivity index (χ4v) is 13.8. The number of hydrogen-bond acceptors (Lipinski definition) is 6. The van der Waals surface area contributed by atoms with Gasteiger partial charge in [0.1, 0.15) is 11.3 Å². The molecule has 0 N–H and O–H groups in total. The van der Waals surface area contributed by atoms with Crippen molar-refractivity contribution in [3.8, 4) is 33.9 Å². The van der Waals surface area contributed by atoms with Gasteiger partial charge in [-0.25, -0.2) is 9.97 Å². The molecule has 0 radical (unpaired) electrons. The van der Waals surface area contributed by atoms with Crippen LogP contribution < -0.4 is 0 Å². The van der Waals surface area contributed by atoms with Gasteiger partial charge in [0.2, 0.25) is 0 Å². The number of hydrogen-bond donors (Lipinski definition) is 0. The number of rotatable bonds is 5. The lowest BCUT2D eigenvalue weighted by Crippen LogP contribution is -2.03. The fourth-order valence-electron chi connectivity index (χ4n) is 11.4. The maximum atomic E-state index is 4.98. The molecule has 0 aliphatic heterocycles. The van der Waals surface area contributed by atoms with Crippen molar-refractivity contribution in [2.75, 3.05) is 0 Å². The highest BCUT2D eigenvalue weighted by molar-refractivity contribution is 7.26. The smallest absolute Gasteiger partial charge is 0.147 e. The van der Waals surface area contributed by atoms with E-state index in [9.17, 15) is 0 Å². The van der Waals surface area contributed by atoms with Gasteiger partial charge in [-0.3, -0.25) is 19.1 Å². The van der Waals surface area contributed by atoms with E-state index in [2.05, 4.69) is 162 Å². The van der Waals surface area contributed by atoms with Crippen LogP contribution in [0.3, 0.4) is 0 Å². The van der Waals surface area contributed by atoms with Crippen molar-refractivity contribution in [1.29, 1.82) is 0 Å². The molecule has 14 rings (SSSR count). The minimum absolute atomic E-state index is 0.912. The van der Waals surface area contributed by atoms with Crippen LogP contribution in [0.1, 0.15) is 47.8 Å².